The second kappa shape index (κ2) is 14.0. The minimum Gasteiger partial charge on any atom is -0.400 e. The van der Waals surface area contributed by atoms with Gasteiger partial charge in [0.2, 0.25) is 5.95 Å². The third-order valence-electron chi connectivity index (χ3n) is 11.0. The first-order valence-corrected chi connectivity index (χ1v) is 20.6. The Kier molecular flexibility index (Phi) is 9.60. The molecule has 3 unspecified atom stereocenters. The minimum atomic E-state index is -2.85. The lowest BCUT2D eigenvalue weighted by molar-refractivity contribution is 0.0406. The van der Waals surface area contributed by atoms with Gasteiger partial charge in [-0.2, -0.15) is 5.10 Å². The van der Waals surface area contributed by atoms with Gasteiger partial charge in [0.1, 0.15) is 12.2 Å². The highest BCUT2D eigenvalue weighted by atomic mass is 35.5. The molecule has 5 aromatic rings. The fraction of sp³-hybridized carbons (Fsp3) is 0.410. The monoisotopic (exact) mass is 780 g/mol. The molecule has 2 aliphatic heterocycles. The van der Waals surface area contributed by atoms with E-state index in [0.717, 1.165) is 4.68 Å². The molecule has 53 heavy (non-hydrogen) atoms. The molecule has 0 spiro atoms. The lowest BCUT2D eigenvalue weighted by atomic mass is 9.86. The van der Waals surface area contributed by atoms with Crippen LogP contribution in [0, 0.1) is 0 Å². The number of fused-ring (bicyclic) bond motifs is 1. The Bertz CT molecular complexity index is 2060. The van der Waals surface area contributed by atoms with E-state index in [4.69, 9.17) is 32.4 Å². The van der Waals surface area contributed by atoms with Crippen LogP contribution in [0.4, 0.5) is 24.8 Å². The molecule has 278 valence electrons. The van der Waals surface area contributed by atoms with E-state index in [1.54, 1.807) is 12.3 Å². The summed E-state index contributed by atoms with van der Waals surface area (Å²) in [4.78, 5) is 11.2. The SMILES string of the molecule is CC(C)(C)[Si](OC1COCC1N1CC[C@H](c2cc3nc(Nc4cnn(C5CC5(F)F)c4Cl)ncc3cc2Cl)[C@@H](F)C1)(c1ccccc1)c1ccccc1. The van der Waals surface area contributed by atoms with Gasteiger partial charge >= 0.3 is 0 Å². The van der Waals surface area contributed by atoms with Crippen molar-refractivity contribution in [3.63, 3.8) is 0 Å². The number of hydrogen-bond donors (Lipinski definition) is 1. The summed E-state index contributed by atoms with van der Waals surface area (Å²) in [6, 6.07) is 23.5. The molecule has 2 aromatic heterocycles. The zero-order chi connectivity index (χ0) is 37.1. The zero-order valence-electron chi connectivity index (χ0n) is 29.7. The number of hydrogen-bond acceptors (Lipinski definition) is 7. The maximum Gasteiger partial charge on any atom is 0.272 e. The van der Waals surface area contributed by atoms with Gasteiger partial charge in [-0.3, -0.25) is 4.90 Å². The molecule has 3 aromatic carbocycles. The summed E-state index contributed by atoms with van der Waals surface area (Å²) >= 11 is 13.2. The molecule has 3 aliphatic rings. The highest BCUT2D eigenvalue weighted by Crippen LogP contribution is 2.53. The van der Waals surface area contributed by atoms with Gasteiger partial charge in [-0.05, 0) is 46.1 Å². The van der Waals surface area contributed by atoms with E-state index in [0.29, 0.717) is 53.4 Å². The molecule has 1 saturated carbocycles. The number of anilines is 2. The summed E-state index contributed by atoms with van der Waals surface area (Å²) in [7, 11) is -2.85. The van der Waals surface area contributed by atoms with Crippen LogP contribution in [0.2, 0.25) is 15.2 Å². The first kappa shape index (κ1) is 36.5. The zero-order valence-corrected chi connectivity index (χ0v) is 32.2. The second-order valence-electron chi connectivity index (χ2n) is 15.4. The molecule has 8 nitrogen and oxygen atoms in total. The Morgan fingerprint density at radius 1 is 0.981 bits per heavy atom. The van der Waals surface area contributed by atoms with Gasteiger partial charge in [0, 0.05) is 35.5 Å². The average molecular weight is 782 g/mol. The predicted molar refractivity (Wildman–Crippen MR) is 205 cm³/mol. The fourth-order valence-corrected chi connectivity index (χ4v) is 13.4. The normalized spacial score (nSPS) is 24.8. The number of aromatic nitrogens is 4. The lowest BCUT2D eigenvalue weighted by Gasteiger charge is -2.47. The summed E-state index contributed by atoms with van der Waals surface area (Å²) in [5.74, 6) is -3.06. The smallest absolute Gasteiger partial charge is 0.272 e. The van der Waals surface area contributed by atoms with Crippen molar-refractivity contribution in [1.82, 2.24) is 24.6 Å². The van der Waals surface area contributed by atoms with Crippen LogP contribution in [0.3, 0.4) is 0 Å². The molecule has 14 heteroatoms. The van der Waals surface area contributed by atoms with Gasteiger partial charge in [-0.1, -0.05) is 105 Å². The van der Waals surface area contributed by atoms with E-state index >= 15 is 4.39 Å². The maximum absolute atomic E-state index is 16.4. The third-order valence-corrected chi connectivity index (χ3v) is 16.7. The largest absolute Gasteiger partial charge is 0.400 e. The number of alkyl halides is 3. The number of ether oxygens (including phenoxy) is 1. The first-order valence-electron chi connectivity index (χ1n) is 17.9. The molecule has 0 bridgehead atoms. The van der Waals surface area contributed by atoms with E-state index < -0.39 is 32.4 Å². The number of piperidine rings is 1. The molecule has 1 aliphatic carbocycles. The van der Waals surface area contributed by atoms with Crippen LogP contribution in [0.5, 0.6) is 0 Å². The molecular weight excluding hydrogens is 740 g/mol. The summed E-state index contributed by atoms with van der Waals surface area (Å²) in [6.07, 6.45) is 1.79. The van der Waals surface area contributed by atoms with Crippen LogP contribution in [-0.4, -0.2) is 83.5 Å². The van der Waals surface area contributed by atoms with Crippen molar-refractivity contribution in [1.29, 1.82) is 0 Å². The van der Waals surface area contributed by atoms with Crippen LogP contribution in [-0.2, 0) is 9.16 Å². The molecule has 8 rings (SSSR count). The standard InChI is InChI=1S/C39H41Cl2F3N6O2Si/c1-38(2,3)53(25-10-6-4-7-11-25,26-12-8-5-9-13-26)52-34-23-51-22-33(34)49-15-14-27(30(42)21-49)28-17-31-24(16-29(28)40)19-45-37(47-31)48-32-20-46-50(36(32)41)35-18-39(35,43)44/h4-13,16-17,19-20,27,30,33-35H,14-15,18,21-23H2,1-3H3,(H,45,47,48)/t27-,30+,33?,34?,35?/m1/s1. The topological polar surface area (TPSA) is 77.3 Å². The van der Waals surface area contributed by atoms with Gasteiger partial charge in [0.15, 0.2) is 5.15 Å². The van der Waals surface area contributed by atoms with Crippen molar-refractivity contribution in [2.75, 3.05) is 31.6 Å². The van der Waals surface area contributed by atoms with E-state index in [9.17, 15) is 8.78 Å². The van der Waals surface area contributed by atoms with Gasteiger partial charge in [0.05, 0.1) is 42.8 Å². The van der Waals surface area contributed by atoms with Crippen molar-refractivity contribution in [2.45, 2.75) is 74.9 Å². The molecule has 5 atom stereocenters. The predicted octanol–water partition coefficient (Wildman–Crippen LogP) is 7.93. The first-order chi connectivity index (χ1) is 25.4. The highest BCUT2D eigenvalue weighted by Gasteiger charge is 2.60. The van der Waals surface area contributed by atoms with Crippen LogP contribution in [0.1, 0.15) is 51.1 Å². The van der Waals surface area contributed by atoms with Gasteiger partial charge in [0.25, 0.3) is 14.2 Å². The fourth-order valence-electron chi connectivity index (χ4n) is 8.12. The Hall–Kier alpha value is -3.52. The van der Waals surface area contributed by atoms with Gasteiger partial charge in [-0.25, -0.2) is 27.8 Å². The van der Waals surface area contributed by atoms with Crippen molar-refractivity contribution < 1.29 is 22.3 Å². The van der Waals surface area contributed by atoms with Gasteiger partial charge in [-0.15, -0.1) is 0 Å². The second-order valence-corrected chi connectivity index (χ2v) is 20.4. The number of nitrogens with one attached hydrogen (secondary N) is 1. The van der Waals surface area contributed by atoms with E-state index in [2.05, 4.69) is 94.6 Å². The quantitative estimate of drug-likeness (QED) is 0.152. The van der Waals surface area contributed by atoms with E-state index in [-0.39, 0.29) is 41.3 Å². The Labute approximate surface area is 317 Å². The lowest BCUT2D eigenvalue weighted by Crippen LogP contribution is -2.69. The van der Waals surface area contributed by atoms with Crippen LogP contribution >= 0.6 is 23.2 Å². The molecule has 1 N–H and O–H groups in total. The minimum absolute atomic E-state index is 0.0478. The Morgan fingerprint density at radius 3 is 2.28 bits per heavy atom. The average Bonchev–Trinajstić information content (AvgIpc) is 3.40. The van der Waals surface area contributed by atoms with Crippen LogP contribution in [0.15, 0.2) is 85.2 Å². The number of rotatable bonds is 9. The summed E-state index contributed by atoms with van der Waals surface area (Å²) in [5, 5.41) is 10.4. The summed E-state index contributed by atoms with van der Waals surface area (Å²) in [6.45, 7) is 8.54. The molecule has 0 radical (unpaired) electrons. The summed E-state index contributed by atoms with van der Waals surface area (Å²) < 4.78 is 58.4. The summed E-state index contributed by atoms with van der Waals surface area (Å²) in [5.41, 5.74) is 1.56. The molecule has 0 amide bonds. The van der Waals surface area contributed by atoms with Gasteiger partial charge < -0.3 is 14.5 Å². The van der Waals surface area contributed by atoms with E-state index in [1.165, 1.54) is 16.6 Å². The van der Waals surface area contributed by atoms with Crippen molar-refractivity contribution in [3.8, 4) is 0 Å². The highest BCUT2D eigenvalue weighted by molar-refractivity contribution is 6.99. The van der Waals surface area contributed by atoms with E-state index in [1.807, 2.05) is 18.2 Å². The molecule has 3 fully saturated rings. The number of halogens is 5. The van der Waals surface area contributed by atoms with Crippen molar-refractivity contribution in [3.05, 3.63) is 101 Å². The third kappa shape index (κ3) is 6.76. The Morgan fingerprint density at radius 2 is 1.66 bits per heavy atom. The number of nitrogens with zero attached hydrogens (tertiary/aromatic N) is 5. The molecule has 2 saturated heterocycles. The number of likely N-dealkylation sites (tertiary alicyclic amines) is 1. The molecular formula is C39H41Cl2F3N6O2Si. The van der Waals surface area contributed by atoms with Crippen molar-refractivity contribution in [2.24, 2.45) is 0 Å². The molecule has 4 heterocycles. The van der Waals surface area contributed by atoms with Crippen LogP contribution in [0.25, 0.3) is 10.9 Å². The number of benzene rings is 3. The van der Waals surface area contributed by atoms with Crippen molar-refractivity contribution >= 4 is 64.4 Å². The van der Waals surface area contributed by atoms with Crippen LogP contribution < -0.4 is 15.7 Å². The Balaban J connectivity index is 1.01. The maximum atomic E-state index is 16.4.